The monoisotopic (exact) mass is 510 g/mol. The molecule has 0 aromatic rings. The van der Waals surface area contributed by atoms with Crippen LogP contribution < -0.4 is 11.1 Å². The number of unbranched alkanes of at least 4 members (excludes halogenated alkanes) is 14. The molecule has 0 spiro atoms. The molecule has 0 fully saturated rings. The van der Waals surface area contributed by atoms with Crippen LogP contribution in [0.3, 0.4) is 0 Å². The summed E-state index contributed by atoms with van der Waals surface area (Å²) in [5, 5.41) is 13.5. The number of carbonyl (C=O) groups excluding carboxylic acids is 1. The smallest absolute Gasteiger partial charge is 0.369 e. The lowest BCUT2D eigenvalue weighted by Crippen LogP contribution is -2.66. The van der Waals surface area contributed by atoms with Crippen molar-refractivity contribution in [2.45, 2.75) is 155 Å². The lowest BCUT2D eigenvalue weighted by Gasteiger charge is -2.40. The minimum atomic E-state index is -4.64. The first-order chi connectivity index (χ1) is 15.8. The van der Waals surface area contributed by atoms with Gasteiger partial charge in [0.2, 0.25) is 5.91 Å². The van der Waals surface area contributed by atoms with Crippen molar-refractivity contribution < 1.29 is 29.1 Å². The summed E-state index contributed by atoms with van der Waals surface area (Å²) < 4.78 is 8.88. The second kappa shape index (κ2) is 20.7. The van der Waals surface area contributed by atoms with Gasteiger partial charge >= 0.3 is 7.82 Å². The summed E-state index contributed by atoms with van der Waals surface area (Å²) in [6.07, 6.45) is 21.4. The molecule has 206 valence electrons. The number of hydrogen-bond acceptors (Lipinski definition) is 4. The lowest BCUT2D eigenvalue weighted by atomic mass is 9.87. The van der Waals surface area contributed by atoms with E-state index in [0.717, 1.165) is 19.3 Å². The van der Waals surface area contributed by atoms with Crippen molar-refractivity contribution in [3.63, 3.8) is 0 Å². The molecule has 1 atom stereocenters. The maximum atomic E-state index is 12.2. The molecule has 8 nitrogen and oxygen atoms in total. The molecule has 1 unspecified atom stereocenters. The standard InChI is InChI=1S/C25H52N2O2.H3O4P/c1-5-7-8-9-10-11-12-13-14-15-16-17-18-19-20-21-23(28)27-25(29,22-6-2)24(3,4)26;1-5(2,3)4/h29H,5-22,26H2,1-4H3,(H,27,28);(H3,1,2,3,4). The molecule has 0 saturated carbocycles. The van der Waals surface area contributed by atoms with Crippen LogP contribution >= 0.6 is 7.82 Å². The van der Waals surface area contributed by atoms with Gasteiger partial charge in [0.1, 0.15) is 0 Å². The highest BCUT2D eigenvalue weighted by Gasteiger charge is 2.40. The molecule has 0 rings (SSSR count). The summed E-state index contributed by atoms with van der Waals surface area (Å²) >= 11 is 0. The van der Waals surface area contributed by atoms with E-state index in [9.17, 15) is 9.90 Å². The third-order valence-corrected chi connectivity index (χ3v) is 6.03. The van der Waals surface area contributed by atoms with Gasteiger partial charge in [0, 0.05) is 6.42 Å². The van der Waals surface area contributed by atoms with Gasteiger partial charge in [0.15, 0.2) is 5.72 Å². The molecule has 0 saturated heterocycles. The van der Waals surface area contributed by atoms with Gasteiger partial charge in [-0.3, -0.25) is 4.79 Å². The quantitative estimate of drug-likeness (QED) is 0.0701. The van der Waals surface area contributed by atoms with Gasteiger partial charge in [-0.1, -0.05) is 110 Å². The van der Waals surface area contributed by atoms with Crippen LogP contribution in [0.1, 0.15) is 143 Å². The summed E-state index contributed by atoms with van der Waals surface area (Å²) in [6, 6.07) is 0. The van der Waals surface area contributed by atoms with Crippen LogP contribution in [0.15, 0.2) is 0 Å². The largest absolute Gasteiger partial charge is 0.466 e. The fraction of sp³-hybridized carbons (Fsp3) is 0.960. The lowest BCUT2D eigenvalue weighted by molar-refractivity contribution is -0.134. The van der Waals surface area contributed by atoms with Gasteiger partial charge in [-0.25, -0.2) is 4.57 Å². The highest BCUT2D eigenvalue weighted by atomic mass is 31.2. The Morgan fingerprint density at radius 1 is 0.735 bits per heavy atom. The van der Waals surface area contributed by atoms with Gasteiger partial charge in [-0.2, -0.15) is 0 Å². The summed E-state index contributed by atoms with van der Waals surface area (Å²) in [5.74, 6) is -0.0887. The third kappa shape index (κ3) is 24.6. The van der Waals surface area contributed by atoms with E-state index < -0.39 is 19.1 Å². The molecule has 0 aliphatic rings. The number of rotatable bonds is 20. The molecular weight excluding hydrogens is 455 g/mol. The molecule has 0 aliphatic carbocycles. The highest BCUT2D eigenvalue weighted by Crippen LogP contribution is 2.26. The first-order valence-corrected chi connectivity index (χ1v) is 14.9. The van der Waals surface area contributed by atoms with Gasteiger partial charge in [0.05, 0.1) is 5.54 Å². The average molecular weight is 511 g/mol. The molecule has 7 N–H and O–H groups in total. The zero-order chi connectivity index (χ0) is 26.5. The van der Waals surface area contributed by atoms with Crippen LogP contribution in [0, 0.1) is 0 Å². The Balaban J connectivity index is 0. The fourth-order valence-corrected chi connectivity index (χ4v) is 3.86. The third-order valence-electron chi connectivity index (χ3n) is 6.03. The maximum Gasteiger partial charge on any atom is 0.466 e. The zero-order valence-corrected chi connectivity index (χ0v) is 23.3. The minimum Gasteiger partial charge on any atom is -0.369 e. The Labute approximate surface area is 208 Å². The van der Waals surface area contributed by atoms with Crippen molar-refractivity contribution in [2.75, 3.05) is 0 Å². The highest BCUT2D eigenvalue weighted by molar-refractivity contribution is 7.45. The van der Waals surface area contributed by atoms with Crippen LogP contribution in [0.25, 0.3) is 0 Å². The molecule has 0 aromatic heterocycles. The average Bonchev–Trinajstić information content (AvgIpc) is 2.69. The van der Waals surface area contributed by atoms with Crippen molar-refractivity contribution in [1.29, 1.82) is 0 Å². The second-order valence-corrected chi connectivity index (χ2v) is 11.1. The van der Waals surface area contributed by atoms with Gasteiger partial charge < -0.3 is 30.8 Å². The maximum absolute atomic E-state index is 12.2. The Morgan fingerprint density at radius 3 is 1.35 bits per heavy atom. The van der Waals surface area contributed by atoms with Crippen molar-refractivity contribution >= 4 is 13.7 Å². The topological polar surface area (TPSA) is 153 Å². The number of hydrogen-bond donors (Lipinski definition) is 6. The Hall–Kier alpha value is -0.500. The van der Waals surface area contributed by atoms with E-state index in [1.54, 1.807) is 13.8 Å². The summed E-state index contributed by atoms with van der Waals surface area (Å²) in [7, 11) is -4.64. The van der Waals surface area contributed by atoms with Gasteiger partial charge in [0.25, 0.3) is 0 Å². The Morgan fingerprint density at radius 2 is 1.06 bits per heavy atom. The number of nitrogens with two attached hydrogens (primary N) is 1. The van der Waals surface area contributed by atoms with Crippen LogP contribution in [0.2, 0.25) is 0 Å². The molecule has 1 amide bonds. The summed E-state index contributed by atoms with van der Waals surface area (Å²) in [6.45, 7) is 7.78. The second-order valence-electron chi connectivity index (χ2n) is 10.1. The molecule has 0 radical (unpaired) electrons. The molecule has 9 heteroatoms. The minimum absolute atomic E-state index is 0.0887. The summed E-state index contributed by atoms with van der Waals surface area (Å²) in [4.78, 5) is 33.7. The van der Waals surface area contributed by atoms with E-state index in [0.29, 0.717) is 12.8 Å². The molecule has 34 heavy (non-hydrogen) atoms. The Bertz CT molecular complexity index is 528. The molecule has 0 bridgehead atoms. The molecule has 0 aromatic carbocycles. The predicted molar refractivity (Wildman–Crippen MR) is 140 cm³/mol. The van der Waals surface area contributed by atoms with E-state index in [1.807, 2.05) is 6.92 Å². The van der Waals surface area contributed by atoms with E-state index in [-0.39, 0.29) is 5.91 Å². The van der Waals surface area contributed by atoms with E-state index >= 15 is 0 Å². The van der Waals surface area contributed by atoms with Crippen molar-refractivity contribution in [2.24, 2.45) is 5.73 Å². The number of nitrogens with one attached hydrogen (secondary N) is 1. The number of carbonyl (C=O) groups is 1. The molecule has 0 heterocycles. The van der Waals surface area contributed by atoms with Crippen LogP contribution in [0.5, 0.6) is 0 Å². The summed E-state index contributed by atoms with van der Waals surface area (Å²) in [5.41, 5.74) is 3.89. The number of amides is 1. The van der Waals surface area contributed by atoms with Crippen molar-refractivity contribution in [1.82, 2.24) is 5.32 Å². The van der Waals surface area contributed by atoms with E-state index in [4.69, 9.17) is 25.0 Å². The van der Waals surface area contributed by atoms with Gasteiger partial charge in [-0.15, -0.1) is 0 Å². The molecular formula is C25H55N2O6P. The van der Waals surface area contributed by atoms with Gasteiger partial charge in [-0.05, 0) is 26.7 Å². The first kappa shape index (κ1) is 35.7. The number of aliphatic hydroxyl groups is 1. The fourth-order valence-electron chi connectivity index (χ4n) is 3.86. The van der Waals surface area contributed by atoms with Crippen LogP contribution in [-0.2, 0) is 9.36 Å². The van der Waals surface area contributed by atoms with Crippen LogP contribution in [-0.4, -0.2) is 37.0 Å². The van der Waals surface area contributed by atoms with Crippen molar-refractivity contribution in [3.05, 3.63) is 0 Å². The first-order valence-electron chi connectivity index (χ1n) is 13.4. The van der Waals surface area contributed by atoms with Crippen LogP contribution in [0.4, 0.5) is 0 Å². The predicted octanol–water partition coefficient (Wildman–Crippen LogP) is 5.66. The van der Waals surface area contributed by atoms with E-state index in [2.05, 4.69) is 12.2 Å². The van der Waals surface area contributed by atoms with E-state index in [1.165, 1.54) is 83.5 Å². The number of phosphoric acid groups is 1. The molecule has 0 aliphatic heterocycles. The van der Waals surface area contributed by atoms with Crippen molar-refractivity contribution in [3.8, 4) is 0 Å². The SMILES string of the molecule is CCCCCCCCCCCCCCCCCC(=O)NC(O)(CCC)C(C)(C)N.O=P(O)(O)O. The normalized spacial score (nSPS) is 13.7. The zero-order valence-electron chi connectivity index (χ0n) is 22.4. The Kier molecular flexibility index (Phi) is 21.7.